The molecule has 1 rings (SSSR count). The zero-order valence-electron chi connectivity index (χ0n) is 10.5. The third-order valence-corrected chi connectivity index (χ3v) is 3.29. The molecule has 0 radical (unpaired) electrons. The number of halogens is 2. The molecule has 1 aromatic rings. The Hall–Kier alpha value is -0.0600. The second-order valence-corrected chi connectivity index (χ2v) is 6.10. The number of rotatable bonds is 6. The van der Waals surface area contributed by atoms with Gasteiger partial charge < -0.3 is 10.1 Å². The molecule has 0 fully saturated rings. The second-order valence-electron chi connectivity index (χ2n) is 4.33. The standard InChI is InChI=1S/C13H19Br2NO/c1-4-17-13-10(8-16-7-9(2)3)5-11(14)6-12(13)15/h5-6,9,16H,4,7-8H2,1-3H3. The van der Waals surface area contributed by atoms with E-state index in [9.17, 15) is 0 Å². The van der Waals surface area contributed by atoms with Crippen LogP contribution in [-0.2, 0) is 6.54 Å². The summed E-state index contributed by atoms with van der Waals surface area (Å²) in [5, 5.41) is 3.43. The zero-order chi connectivity index (χ0) is 12.8. The molecule has 0 amide bonds. The molecule has 0 saturated carbocycles. The lowest BCUT2D eigenvalue weighted by Gasteiger charge is -2.14. The first-order valence-electron chi connectivity index (χ1n) is 5.86. The highest BCUT2D eigenvalue weighted by Crippen LogP contribution is 2.32. The van der Waals surface area contributed by atoms with Crippen molar-refractivity contribution in [2.24, 2.45) is 5.92 Å². The lowest BCUT2D eigenvalue weighted by atomic mass is 10.2. The van der Waals surface area contributed by atoms with Crippen molar-refractivity contribution in [3.8, 4) is 5.75 Å². The number of ether oxygens (including phenoxy) is 1. The van der Waals surface area contributed by atoms with Crippen molar-refractivity contribution >= 4 is 31.9 Å². The van der Waals surface area contributed by atoms with E-state index in [4.69, 9.17) is 4.74 Å². The summed E-state index contributed by atoms with van der Waals surface area (Å²) in [7, 11) is 0. The molecular weight excluding hydrogens is 346 g/mol. The molecule has 0 aliphatic carbocycles. The summed E-state index contributed by atoms with van der Waals surface area (Å²) in [4.78, 5) is 0. The van der Waals surface area contributed by atoms with Crippen molar-refractivity contribution < 1.29 is 4.74 Å². The molecule has 0 bridgehead atoms. The maximum absolute atomic E-state index is 5.67. The fourth-order valence-corrected chi connectivity index (χ4v) is 2.97. The molecule has 1 N–H and O–H groups in total. The molecule has 0 aliphatic rings. The van der Waals surface area contributed by atoms with Crippen LogP contribution >= 0.6 is 31.9 Å². The van der Waals surface area contributed by atoms with Crippen LogP contribution in [0.1, 0.15) is 26.3 Å². The molecule has 0 unspecified atom stereocenters. The van der Waals surface area contributed by atoms with Gasteiger partial charge in [0.1, 0.15) is 5.75 Å². The van der Waals surface area contributed by atoms with Crippen molar-refractivity contribution in [2.45, 2.75) is 27.3 Å². The Morgan fingerprint density at radius 3 is 2.59 bits per heavy atom. The summed E-state index contributed by atoms with van der Waals surface area (Å²) < 4.78 is 7.73. The smallest absolute Gasteiger partial charge is 0.138 e. The molecule has 17 heavy (non-hydrogen) atoms. The van der Waals surface area contributed by atoms with Gasteiger partial charge in [-0.1, -0.05) is 29.8 Å². The van der Waals surface area contributed by atoms with Crippen LogP contribution in [0.2, 0.25) is 0 Å². The Kier molecular flexibility index (Phi) is 6.52. The Morgan fingerprint density at radius 1 is 1.29 bits per heavy atom. The number of hydrogen-bond acceptors (Lipinski definition) is 2. The van der Waals surface area contributed by atoms with Crippen LogP contribution in [0.5, 0.6) is 5.75 Å². The van der Waals surface area contributed by atoms with E-state index in [0.717, 1.165) is 27.8 Å². The topological polar surface area (TPSA) is 21.3 Å². The summed E-state index contributed by atoms with van der Waals surface area (Å²) >= 11 is 7.04. The van der Waals surface area contributed by atoms with Gasteiger partial charge in [0.2, 0.25) is 0 Å². The maximum Gasteiger partial charge on any atom is 0.138 e. The molecular formula is C13H19Br2NO. The van der Waals surface area contributed by atoms with Gasteiger partial charge in [-0.2, -0.15) is 0 Å². The quantitative estimate of drug-likeness (QED) is 0.809. The van der Waals surface area contributed by atoms with Gasteiger partial charge in [-0.15, -0.1) is 0 Å². The minimum atomic E-state index is 0.654. The molecule has 0 aliphatic heterocycles. The van der Waals surface area contributed by atoms with E-state index in [1.165, 1.54) is 5.56 Å². The average Bonchev–Trinajstić information content (AvgIpc) is 2.22. The van der Waals surface area contributed by atoms with Gasteiger partial charge >= 0.3 is 0 Å². The monoisotopic (exact) mass is 363 g/mol. The highest BCUT2D eigenvalue weighted by Gasteiger charge is 2.09. The molecule has 0 atom stereocenters. The number of hydrogen-bond donors (Lipinski definition) is 1. The van der Waals surface area contributed by atoms with E-state index in [1.54, 1.807) is 0 Å². The van der Waals surface area contributed by atoms with Gasteiger partial charge in [-0.3, -0.25) is 0 Å². The average molecular weight is 365 g/mol. The van der Waals surface area contributed by atoms with Crippen LogP contribution in [0.15, 0.2) is 21.1 Å². The van der Waals surface area contributed by atoms with Gasteiger partial charge in [-0.05, 0) is 47.4 Å². The first-order chi connectivity index (χ1) is 8.04. The Morgan fingerprint density at radius 2 is 2.00 bits per heavy atom. The summed E-state index contributed by atoms with van der Waals surface area (Å²) in [6.45, 7) is 8.92. The van der Waals surface area contributed by atoms with E-state index < -0.39 is 0 Å². The Bertz CT molecular complexity index is 367. The number of nitrogens with one attached hydrogen (secondary N) is 1. The third-order valence-electron chi connectivity index (χ3n) is 2.24. The van der Waals surface area contributed by atoms with Crippen LogP contribution < -0.4 is 10.1 Å². The van der Waals surface area contributed by atoms with E-state index in [1.807, 2.05) is 13.0 Å². The lowest BCUT2D eigenvalue weighted by molar-refractivity contribution is 0.333. The first kappa shape index (κ1) is 15.0. The van der Waals surface area contributed by atoms with Crippen LogP contribution in [0.25, 0.3) is 0 Å². The van der Waals surface area contributed by atoms with Crippen molar-refractivity contribution in [3.05, 3.63) is 26.6 Å². The van der Waals surface area contributed by atoms with Gasteiger partial charge in [-0.25, -0.2) is 0 Å². The maximum atomic E-state index is 5.67. The van der Waals surface area contributed by atoms with Crippen molar-refractivity contribution in [3.63, 3.8) is 0 Å². The summed E-state index contributed by atoms with van der Waals surface area (Å²) in [5.74, 6) is 1.59. The van der Waals surface area contributed by atoms with E-state index in [-0.39, 0.29) is 0 Å². The predicted octanol–water partition coefficient (Wildman–Crippen LogP) is 4.36. The van der Waals surface area contributed by atoms with Gasteiger partial charge in [0.25, 0.3) is 0 Å². The number of benzene rings is 1. The van der Waals surface area contributed by atoms with E-state index in [2.05, 4.69) is 57.1 Å². The van der Waals surface area contributed by atoms with Gasteiger partial charge in [0.15, 0.2) is 0 Å². The van der Waals surface area contributed by atoms with Crippen LogP contribution in [0.3, 0.4) is 0 Å². The van der Waals surface area contributed by atoms with Crippen LogP contribution in [0.4, 0.5) is 0 Å². The SMILES string of the molecule is CCOc1c(Br)cc(Br)cc1CNCC(C)C. The van der Waals surface area contributed by atoms with Crippen LogP contribution in [-0.4, -0.2) is 13.2 Å². The molecule has 0 aromatic heterocycles. The Balaban J connectivity index is 2.80. The predicted molar refractivity (Wildman–Crippen MR) is 79.6 cm³/mol. The molecule has 0 spiro atoms. The molecule has 1 aromatic carbocycles. The van der Waals surface area contributed by atoms with Crippen molar-refractivity contribution in [2.75, 3.05) is 13.2 Å². The largest absolute Gasteiger partial charge is 0.492 e. The minimum absolute atomic E-state index is 0.654. The lowest BCUT2D eigenvalue weighted by Crippen LogP contribution is -2.19. The highest BCUT2D eigenvalue weighted by atomic mass is 79.9. The van der Waals surface area contributed by atoms with Crippen molar-refractivity contribution in [1.82, 2.24) is 5.32 Å². The van der Waals surface area contributed by atoms with E-state index in [0.29, 0.717) is 12.5 Å². The fraction of sp³-hybridized carbons (Fsp3) is 0.538. The fourth-order valence-electron chi connectivity index (χ4n) is 1.55. The summed E-state index contributed by atoms with van der Waals surface area (Å²) in [6, 6.07) is 4.11. The molecule has 2 nitrogen and oxygen atoms in total. The summed E-state index contributed by atoms with van der Waals surface area (Å²) in [5.41, 5.74) is 1.17. The third kappa shape index (κ3) is 4.98. The second kappa shape index (κ2) is 7.39. The van der Waals surface area contributed by atoms with Gasteiger partial charge in [0.05, 0.1) is 11.1 Å². The molecule has 96 valence electrons. The first-order valence-corrected chi connectivity index (χ1v) is 7.44. The molecule has 0 saturated heterocycles. The molecule has 4 heteroatoms. The normalized spacial score (nSPS) is 10.9. The minimum Gasteiger partial charge on any atom is -0.492 e. The highest BCUT2D eigenvalue weighted by molar-refractivity contribution is 9.11. The Labute approximate surface area is 120 Å². The van der Waals surface area contributed by atoms with Gasteiger partial charge in [0, 0.05) is 16.6 Å². The van der Waals surface area contributed by atoms with Crippen molar-refractivity contribution in [1.29, 1.82) is 0 Å². The zero-order valence-corrected chi connectivity index (χ0v) is 13.7. The molecule has 0 heterocycles. The summed E-state index contributed by atoms with van der Waals surface area (Å²) in [6.07, 6.45) is 0. The van der Waals surface area contributed by atoms with E-state index >= 15 is 0 Å². The van der Waals surface area contributed by atoms with Crippen LogP contribution in [0, 0.1) is 5.92 Å².